The van der Waals surface area contributed by atoms with Crippen LogP contribution < -0.4 is 14.8 Å². The van der Waals surface area contributed by atoms with E-state index in [9.17, 15) is 5.11 Å². The predicted molar refractivity (Wildman–Crippen MR) is 125 cm³/mol. The zero-order valence-electron chi connectivity index (χ0n) is 18.1. The zero-order chi connectivity index (χ0) is 22.0. The Hall–Kier alpha value is -3.73. The monoisotopic (exact) mass is 414 g/mol. The number of pyridine rings is 1. The van der Waals surface area contributed by atoms with Gasteiger partial charge in [0.15, 0.2) is 11.5 Å². The van der Waals surface area contributed by atoms with Crippen molar-refractivity contribution in [2.75, 3.05) is 12.4 Å². The van der Waals surface area contributed by atoms with Crippen LogP contribution >= 0.6 is 0 Å². The van der Waals surface area contributed by atoms with E-state index in [-0.39, 0.29) is 11.2 Å². The first kappa shape index (κ1) is 20.5. The Morgan fingerprint density at radius 2 is 1.48 bits per heavy atom. The summed E-state index contributed by atoms with van der Waals surface area (Å²) in [5.41, 5.74) is 4.14. The van der Waals surface area contributed by atoms with Crippen molar-refractivity contribution in [1.82, 2.24) is 4.98 Å². The summed E-state index contributed by atoms with van der Waals surface area (Å²) < 4.78 is 11.1. The van der Waals surface area contributed by atoms with E-state index >= 15 is 0 Å². The van der Waals surface area contributed by atoms with Crippen molar-refractivity contribution in [3.05, 3.63) is 78.4 Å². The quantitative estimate of drug-likeness (QED) is 0.377. The van der Waals surface area contributed by atoms with E-state index < -0.39 is 0 Å². The Bertz CT molecular complexity index is 1190. The van der Waals surface area contributed by atoms with Crippen molar-refractivity contribution in [1.29, 1.82) is 0 Å². The van der Waals surface area contributed by atoms with Gasteiger partial charge >= 0.3 is 0 Å². The number of hydrogen-bond acceptors (Lipinski definition) is 5. The van der Waals surface area contributed by atoms with Gasteiger partial charge in [-0.05, 0) is 59.5 Å². The summed E-state index contributed by atoms with van der Waals surface area (Å²) in [4.78, 5) is 4.51. The second-order valence-corrected chi connectivity index (χ2v) is 8.45. The first-order chi connectivity index (χ1) is 14.8. The minimum absolute atomic E-state index is 0.0848. The van der Waals surface area contributed by atoms with E-state index in [0.717, 1.165) is 16.8 Å². The Balaban J connectivity index is 1.46. The molecular formula is C26H26N2O3. The van der Waals surface area contributed by atoms with Gasteiger partial charge in [-0.1, -0.05) is 32.9 Å². The van der Waals surface area contributed by atoms with Crippen LogP contribution in [0.4, 0.5) is 11.4 Å². The molecule has 4 rings (SSSR count). The molecule has 0 saturated carbocycles. The molecule has 0 spiro atoms. The number of aromatic hydroxyl groups is 1. The van der Waals surface area contributed by atoms with E-state index in [0.29, 0.717) is 22.9 Å². The molecule has 0 aliphatic heterocycles. The number of benzene rings is 3. The second-order valence-electron chi connectivity index (χ2n) is 8.45. The third kappa shape index (κ3) is 4.72. The Kier molecular flexibility index (Phi) is 5.42. The minimum atomic E-state index is 0.0848. The topological polar surface area (TPSA) is 63.6 Å². The summed E-state index contributed by atoms with van der Waals surface area (Å²) in [6.07, 6.45) is 0. The summed E-state index contributed by atoms with van der Waals surface area (Å²) in [7, 11) is 1.51. The maximum Gasteiger partial charge on any atom is 0.219 e. The lowest BCUT2D eigenvalue weighted by Crippen LogP contribution is -2.10. The highest BCUT2D eigenvalue weighted by atomic mass is 16.5. The number of ether oxygens (including phenoxy) is 2. The van der Waals surface area contributed by atoms with Crippen molar-refractivity contribution < 1.29 is 14.6 Å². The number of hydrogen-bond donors (Lipinski definition) is 2. The van der Waals surface area contributed by atoms with E-state index in [2.05, 4.69) is 55.3 Å². The Morgan fingerprint density at radius 3 is 2.10 bits per heavy atom. The van der Waals surface area contributed by atoms with Crippen LogP contribution in [-0.2, 0) is 5.41 Å². The standard InChI is InChI=1S/C26H26N2O3/c1-26(2,3)18-6-8-19(9-7-18)27-20-10-12-21(13-11-20)31-25-14-5-17-15-23(29)24(30-4)16-22(17)28-25/h5-16,27,29H,1-4H3. The molecule has 0 unspecified atom stereocenters. The molecule has 1 aromatic heterocycles. The van der Waals surface area contributed by atoms with Gasteiger partial charge in [-0.2, -0.15) is 0 Å². The van der Waals surface area contributed by atoms with Gasteiger partial charge in [0, 0.05) is 28.9 Å². The van der Waals surface area contributed by atoms with Crippen LogP contribution in [0.25, 0.3) is 10.9 Å². The molecule has 31 heavy (non-hydrogen) atoms. The van der Waals surface area contributed by atoms with Crippen molar-refractivity contribution in [2.45, 2.75) is 26.2 Å². The summed E-state index contributed by atoms with van der Waals surface area (Å²) in [6.45, 7) is 6.62. The van der Waals surface area contributed by atoms with Crippen molar-refractivity contribution >= 4 is 22.3 Å². The number of fused-ring (bicyclic) bond motifs is 1. The number of rotatable bonds is 5. The largest absolute Gasteiger partial charge is 0.504 e. The smallest absolute Gasteiger partial charge is 0.219 e. The van der Waals surface area contributed by atoms with Gasteiger partial charge < -0.3 is 19.9 Å². The molecule has 5 heteroatoms. The third-order valence-electron chi connectivity index (χ3n) is 5.08. The van der Waals surface area contributed by atoms with Crippen molar-refractivity contribution in [3.8, 4) is 23.1 Å². The lowest BCUT2D eigenvalue weighted by atomic mass is 9.87. The first-order valence-electron chi connectivity index (χ1n) is 10.1. The zero-order valence-corrected chi connectivity index (χ0v) is 18.1. The van der Waals surface area contributed by atoms with Gasteiger partial charge in [0.05, 0.1) is 12.6 Å². The number of anilines is 2. The summed E-state index contributed by atoms with van der Waals surface area (Å²) in [5, 5.41) is 14.1. The van der Waals surface area contributed by atoms with E-state index in [4.69, 9.17) is 9.47 Å². The first-order valence-corrected chi connectivity index (χ1v) is 10.1. The van der Waals surface area contributed by atoms with Crippen LogP contribution in [0.3, 0.4) is 0 Å². The number of phenols is 1. The average molecular weight is 415 g/mol. The third-order valence-corrected chi connectivity index (χ3v) is 5.08. The maximum absolute atomic E-state index is 9.90. The van der Waals surface area contributed by atoms with Crippen molar-refractivity contribution in [2.24, 2.45) is 0 Å². The maximum atomic E-state index is 9.90. The van der Waals surface area contributed by atoms with Gasteiger partial charge in [0.1, 0.15) is 5.75 Å². The lowest BCUT2D eigenvalue weighted by Gasteiger charge is -2.19. The number of nitrogens with one attached hydrogen (secondary N) is 1. The summed E-state index contributed by atoms with van der Waals surface area (Å²) in [5.74, 6) is 1.62. The molecule has 2 N–H and O–H groups in total. The summed E-state index contributed by atoms with van der Waals surface area (Å²) >= 11 is 0. The molecular weight excluding hydrogens is 388 g/mol. The van der Waals surface area contributed by atoms with Crippen molar-refractivity contribution in [3.63, 3.8) is 0 Å². The van der Waals surface area contributed by atoms with Gasteiger partial charge in [0.25, 0.3) is 0 Å². The Labute approximate surface area is 182 Å². The van der Waals surface area contributed by atoms with E-state index in [1.54, 1.807) is 18.2 Å². The highest BCUT2D eigenvalue weighted by molar-refractivity contribution is 5.83. The SMILES string of the molecule is COc1cc2nc(Oc3ccc(Nc4ccc(C(C)(C)C)cc4)cc3)ccc2cc1O. The predicted octanol–water partition coefficient (Wildman–Crippen LogP) is 6.78. The van der Waals surface area contributed by atoms with Gasteiger partial charge in [-0.3, -0.25) is 0 Å². The van der Waals surface area contributed by atoms with Crippen LogP contribution in [0.1, 0.15) is 26.3 Å². The fourth-order valence-corrected chi connectivity index (χ4v) is 3.29. The molecule has 3 aromatic carbocycles. The molecule has 0 bridgehead atoms. The van der Waals surface area contributed by atoms with Gasteiger partial charge in [-0.25, -0.2) is 4.98 Å². The molecule has 0 radical (unpaired) electrons. The molecule has 0 amide bonds. The van der Waals surface area contributed by atoms with Crippen LogP contribution in [0.15, 0.2) is 72.8 Å². The fraction of sp³-hybridized carbons (Fsp3) is 0.192. The molecule has 4 aromatic rings. The second kappa shape index (κ2) is 8.19. The number of nitrogens with zero attached hydrogens (tertiary/aromatic N) is 1. The van der Waals surface area contributed by atoms with E-state index in [1.165, 1.54) is 12.7 Å². The number of phenolic OH excluding ortho intramolecular Hbond substituents is 1. The lowest BCUT2D eigenvalue weighted by molar-refractivity contribution is 0.374. The summed E-state index contributed by atoms with van der Waals surface area (Å²) in [6, 6.07) is 23.2. The van der Waals surface area contributed by atoms with Crippen LogP contribution in [0.5, 0.6) is 23.1 Å². The van der Waals surface area contributed by atoms with Gasteiger partial charge in [-0.15, -0.1) is 0 Å². The molecule has 0 fully saturated rings. The molecule has 158 valence electrons. The average Bonchev–Trinajstić information content (AvgIpc) is 2.74. The molecule has 0 atom stereocenters. The highest BCUT2D eigenvalue weighted by Gasteiger charge is 2.13. The normalized spacial score (nSPS) is 11.4. The van der Waals surface area contributed by atoms with Crippen LogP contribution in [0, 0.1) is 0 Å². The highest BCUT2D eigenvalue weighted by Crippen LogP contribution is 2.32. The molecule has 5 nitrogen and oxygen atoms in total. The number of aromatic nitrogens is 1. The van der Waals surface area contributed by atoms with Gasteiger partial charge in [0.2, 0.25) is 5.88 Å². The fourth-order valence-electron chi connectivity index (χ4n) is 3.29. The molecule has 0 saturated heterocycles. The van der Waals surface area contributed by atoms with Crippen LogP contribution in [-0.4, -0.2) is 17.2 Å². The number of methoxy groups -OCH3 is 1. The van der Waals surface area contributed by atoms with Crippen LogP contribution in [0.2, 0.25) is 0 Å². The molecule has 1 heterocycles. The molecule has 0 aliphatic rings. The van der Waals surface area contributed by atoms with E-state index in [1.807, 2.05) is 30.3 Å². The Morgan fingerprint density at radius 1 is 0.839 bits per heavy atom. The molecule has 0 aliphatic carbocycles. The minimum Gasteiger partial charge on any atom is -0.504 e.